The predicted octanol–water partition coefficient (Wildman–Crippen LogP) is 2.74. The van der Waals surface area contributed by atoms with Gasteiger partial charge in [0.25, 0.3) is 0 Å². The van der Waals surface area contributed by atoms with Crippen LogP contribution in [0.1, 0.15) is 13.8 Å². The van der Waals surface area contributed by atoms with Gasteiger partial charge in [0.1, 0.15) is 5.76 Å². The molecule has 5 nitrogen and oxygen atoms in total. The zero-order chi connectivity index (χ0) is 15.7. The van der Waals surface area contributed by atoms with E-state index in [1.807, 2.05) is 19.9 Å². The van der Waals surface area contributed by atoms with Crippen LogP contribution in [0.2, 0.25) is 0 Å². The first-order valence-electron chi connectivity index (χ1n) is 7.26. The number of furan rings is 1. The fraction of sp³-hybridized carbons (Fsp3) is 0.375. The average Bonchev–Trinajstić information content (AvgIpc) is 3.00. The fourth-order valence-corrected chi connectivity index (χ4v) is 4.30. The average molecular weight is 321 g/mol. The summed E-state index contributed by atoms with van der Waals surface area (Å²) in [5, 5.41) is 0. The molecule has 6 heteroatoms. The zero-order valence-electron chi connectivity index (χ0n) is 12.6. The van der Waals surface area contributed by atoms with Crippen LogP contribution in [0, 0.1) is 0 Å². The second-order valence-corrected chi connectivity index (χ2v) is 7.52. The summed E-state index contributed by atoms with van der Waals surface area (Å²) in [5.41, 5.74) is 0.854. The Morgan fingerprint density at radius 1 is 1.05 bits per heavy atom. The molecule has 2 heterocycles. The second kappa shape index (κ2) is 5.87. The van der Waals surface area contributed by atoms with Crippen LogP contribution in [0.5, 0.6) is 0 Å². The van der Waals surface area contributed by atoms with Crippen LogP contribution < -0.4 is 0 Å². The zero-order valence-corrected chi connectivity index (χ0v) is 13.4. The molecule has 1 fully saturated rings. The van der Waals surface area contributed by atoms with Crippen molar-refractivity contribution < 1.29 is 17.6 Å². The molecule has 1 aliphatic heterocycles. The van der Waals surface area contributed by atoms with Crippen LogP contribution in [-0.2, 0) is 14.8 Å². The lowest BCUT2D eigenvalue weighted by molar-refractivity contribution is -0.0440. The Morgan fingerprint density at radius 3 is 2.23 bits per heavy atom. The van der Waals surface area contributed by atoms with E-state index in [-0.39, 0.29) is 12.2 Å². The Bertz CT molecular complexity index is 712. The van der Waals surface area contributed by atoms with Crippen LogP contribution in [-0.4, -0.2) is 38.0 Å². The van der Waals surface area contributed by atoms with E-state index >= 15 is 0 Å². The van der Waals surface area contributed by atoms with Gasteiger partial charge in [-0.25, -0.2) is 8.42 Å². The maximum absolute atomic E-state index is 12.7. The molecule has 0 bridgehead atoms. The number of nitrogens with zero attached hydrogens (tertiary/aromatic N) is 1. The molecule has 0 amide bonds. The Kier molecular flexibility index (Phi) is 4.08. The van der Waals surface area contributed by atoms with Gasteiger partial charge in [-0.15, -0.1) is 0 Å². The summed E-state index contributed by atoms with van der Waals surface area (Å²) in [6.45, 7) is 4.54. The van der Waals surface area contributed by atoms with E-state index in [0.717, 1.165) is 11.3 Å². The molecular weight excluding hydrogens is 302 g/mol. The van der Waals surface area contributed by atoms with Crippen molar-refractivity contribution in [2.75, 3.05) is 13.1 Å². The Labute approximate surface area is 130 Å². The Balaban J connectivity index is 1.86. The lowest BCUT2D eigenvalue weighted by Gasteiger charge is -2.34. The largest absolute Gasteiger partial charge is 0.464 e. The number of hydrogen-bond donors (Lipinski definition) is 0. The monoisotopic (exact) mass is 321 g/mol. The van der Waals surface area contributed by atoms with Gasteiger partial charge in [-0.1, -0.05) is 0 Å². The van der Waals surface area contributed by atoms with Crippen LogP contribution in [0.15, 0.2) is 52.0 Å². The topological polar surface area (TPSA) is 59.8 Å². The quantitative estimate of drug-likeness (QED) is 0.872. The molecule has 2 aromatic rings. The molecule has 0 N–H and O–H groups in total. The number of benzene rings is 1. The molecule has 0 spiro atoms. The number of ether oxygens (including phenoxy) is 1. The summed E-state index contributed by atoms with van der Waals surface area (Å²) in [5.74, 6) is 0.720. The first-order valence-corrected chi connectivity index (χ1v) is 8.70. The summed E-state index contributed by atoms with van der Waals surface area (Å²) in [4.78, 5) is 0.295. The third-order valence-electron chi connectivity index (χ3n) is 3.68. The van der Waals surface area contributed by atoms with Crippen molar-refractivity contribution in [2.45, 2.75) is 31.0 Å². The van der Waals surface area contributed by atoms with E-state index in [2.05, 4.69) is 0 Å². The molecule has 2 unspecified atom stereocenters. The highest BCUT2D eigenvalue weighted by Crippen LogP contribution is 2.25. The Morgan fingerprint density at radius 2 is 1.68 bits per heavy atom. The van der Waals surface area contributed by atoms with Gasteiger partial charge < -0.3 is 9.15 Å². The van der Waals surface area contributed by atoms with Gasteiger partial charge in [0.2, 0.25) is 10.0 Å². The summed E-state index contributed by atoms with van der Waals surface area (Å²) in [6, 6.07) is 10.4. The molecule has 1 aliphatic rings. The lowest BCUT2D eigenvalue weighted by Crippen LogP contribution is -2.48. The molecular formula is C16H19NO4S. The summed E-state index contributed by atoms with van der Waals surface area (Å²) < 4.78 is 37.8. The second-order valence-electron chi connectivity index (χ2n) is 5.58. The van der Waals surface area contributed by atoms with Gasteiger partial charge in [0.15, 0.2) is 0 Å². The molecule has 1 aromatic heterocycles. The molecule has 1 aromatic carbocycles. The van der Waals surface area contributed by atoms with E-state index in [1.165, 1.54) is 4.31 Å². The van der Waals surface area contributed by atoms with Crippen LogP contribution in [0.3, 0.4) is 0 Å². The highest BCUT2D eigenvalue weighted by molar-refractivity contribution is 7.89. The highest BCUT2D eigenvalue weighted by Gasteiger charge is 2.32. The molecule has 118 valence electrons. The molecule has 3 rings (SSSR count). The lowest BCUT2D eigenvalue weighted by atomic mass is 10.2. The first-order chi connectivity index (χ1) is 10.5. The van der Waals surface area contributed by atoms with Gasteiger partial charge >= 0.3 is 0 Å². The van der Waals surface area contributed by atoms with Crippen molar-refractivity contribution in [2.24, 2.45) is 0 Å². The molecule has 0 saturated carbocycles. The molecule has 0 radical (unpaired) electrons. The predicted molar refractivity (Wildman–Crippen MR) is 82.9 cm³/mol. The highest BCUT2D eigenvalue weighted by atomic mass is 32.2. The van der Waals surface area contributed by atoms with Crippen LogP contribution in [0.25, 0.3) is 11.3 Å². The molecule has 0 aliphatic carbocycles. The van der Waals surface area contributed by atoms with E-state index < -0.39 is 10.0 Å². The standard InChI is InChI=1S/C16H19NO4S/c1-12-10-17(11-13(2)21-12)22(18,19)15-7-5-14(6-8-15)16-4-3-9-20-16/h3-9,12-13H,10-11H2,1-2H3. The summed E-state index contributed by atoms with van der Waals surface area (Å²) in [7, 11) is -3.49. The molecule has 22 heavy (non-hydrogen) atoms. The van der Waals surface area contributed by atoms with Gasteiger partial charge in [-0.3, -0.25) is 0 Å². The fourth-order valence-electron chi connectivity index (χ4n) is 2.71. The number of rotatable bonds is 3. The number of morpholine rings is 1. The smallest absolute Gasteiger partial charge is 0.243 e. The maximum Gasteiger partial charge on any atom is 0.243 e. The normalized spacial score (nSPS) is 23.5. The minimum atomic E-state index is -3.49. The van der Waals surface area contributed by atoms with E-state index in [4.69, 9.17) is 9.15 Å². The third-order valence-corrected chi connectivity index (χ3v) is 5.53. The Hall–Kier alpha value is -1.63. The number of hydrogen-bond acceptors (Lipinski definition) is 4. The SMILES string of the molecule is CC1CN(S(=O)(=O)c2ccc(-c3ccco3)cc2)CC(C)O1. The van der Waals surface area contributed by atoms with Crippen LogP contribution >= 0.6 is 0 Å². The van der Waals surface area contributed by atoms with Gasteiger partial charge in [-0.2, -0.15) is 4.31 Å². The minimum Gasteiger partial charge on any atom is -0.464 e. The molecule has 2 atom stereocenters. The van der Waals surface area contributed by atoms with E-state index in [1.54, 1.807) is 36.6 Å². The third kappa shape index (κ3) is 2.95. The van der Waals surface area contributed by atoms with Crippen molar-refractivity contribution >= 4 is 10.0 Å². The van der Waals surface area contributed by atoms with Gasteiger partial charge in [0, 0.05) is 18.7 Å². The van der Waals surface area contributed by atoms with Crippen molar-refractivity contribution in [3.8, 4) is 11.3 Å². The van der Waals surface area contributed by atoms with E-state index in [0.29, 0.717) is 18.0 Å². The van der Waals surface area contributed by atoms with Crippen molar-refractivity contribution in [1.29, 1.82) is 0 Å². The maximum atomic E-state index is 12.7. The van der Waals surface area contributed by atoms with Crippen molar-refractivity contribution in [3.63, 3.8) is 0 Å². The van der Waals surface area contributed by atoms with Crippen LogP contribution in [0.4, 0.5) is 0 Å². The minimum absolute atomic E-state index is 0.0964. The summed E-state index contributed by atoms with van der Waals surface area (Å²) >= 11 is 0. The van der Waals surface area contributed by atoms with Crippen molar-refractivity contribution in [1.82, 2.24) is 4.31 Å². The van der Waals surface area contributed by atoms with Gasteiger partial charge in [0.05, 0.1) is 23.4 Å². The number of sulfonamides is 1. The first kappa shape index (κ1) is 15.3. The summed E-state index contributed by atoms with van der Waals surface area (Å²) in [6.07, 6.45) is 1.40. The van der Waals surface area contributed by atoms with Crippen molar-refractivity contribution in [3.05, 3.63) is 42.7 Å². The molecule has 1 saturated heterocycles. The van der Waals surface area contributed by atoms with Gasteiger partial charge in [-0.05, 0) is 50.2 Å². The van der Waals surface area contributed by atoms with E-state index in [9.17, 15) is 8.42 Å².